The summed E-state index contributed by atoms with van der Waals surface area (Å²) < 4.78 is 16.0. The zero-order chi connectivity index (χ0) is 23.6. The van der Waals surface area contributed by atoms with E-state index in [1.165, 1.54) is 13.2 Å². The summed E-state index contributed by atoms with van der Waals surface area (Å²) in [5.41, 5.74) is -0.265. The molecule has 1 unspecified atom stereocenters. The maximum atomic E-state index is 13.2. The molecule has 0 aliphatic carbocycles. The molecule has 1 saturated heterocycles. The number of carbonyl (C=O) groups excluding carboxylic acids is 4. The lowest BCUT2D eigenvalue weighted by Crippen LogP contribution is -2.42. The van der Waals surface area contributed by atoms with Gasteiger partial charge in [-0.25, -0.2) is 9.59 Å². The molecule has 0 spiro atoms. The van der Waals surface area contributed by atoms with Crippen LogP contribution >= 0.6 is 0 Å². The Balaban J connectivity index is 1.49. The van der Waals surface area contributed by atoms with E-state index in [1.54, 1.807) is 43.3 Å². The van der Waals surface area contributed by atoms with Crippen LogP contribution in [-0.2, 0) is 19.9 Å². The van der Waals surface area contributed by atoms with Crippen LogP contribution in [0.4, 0.5) is 10.5 Å². The molecule has 10 nitrogen and oxygen atoms in total. The third-order valence-corrected chi connectivity index (χ3v) is 5.47. The van der Waals surface area contributed by atoms with Crippen molar-refractivity contribution >= 4 is 29.5 Å². The molecular formula is C23H23N3O7. The maximum Gasteiger partial charge on any atom is 0.337 e. The average molecular weight is 453 g/mol. The van der Waals surface area contributed by atoms with Gasteiger partial charge in [0.2, 0.25) is 5.91 Å². The van der Waals surface area contributed by atoms with Crippen LogP contribution in [0.15, 0.2) is 42.5 Å². The van der Waals surface area contributed by atoms with Crippen molar-refractivity contribution in [2.24, 2.45) is 0 Å². The number of urea groups is 1. The molecule has 1 fully saturated rings. The molecule has 2 aromatic carbocycles. The minimum Gasteiger partial charge on any atom is -0.490 e. The van der Waals surface area contributed by atoms with Crippen molar-refractivity contribution in [1.29, 1.82) is 0 Å². The molecule has 2 aliphatic heterocycles. The lowest BCUT2D eigenvalue weighted by Gasteiger charge is -2.23. The highest BCUT2D eigenvalue weighted by Gasteiger charge is 2.49. The van der Waals surface area contributed by atoms with Crippen LogP contribution in [0.3, 0.4) is 0 Å². The van der Waals surface area contributed by atoms with E-state index >= 15 is 0 Å². The van der Waals surface area contributed by atoms with Gasteiger partial charge in [0.25, 0.3) is 5.91 Å². The quantitative estimate of drug-likeness (QED) is 0.525. The number of imide groups is 1. The lowest BCUT2D eigenvalue weighted by molar-refractivity contribution is -0.133. The smallest absolute Gasteiger partial charge is 0.337 e. The zero-order valence-corrected chi connectivity index (χ0v) is 18.2. The van der Waals surface area contributed by atoms with Crippen molar-refractivity contribution in [2.45, 2.75) is 18.9 Å². The molecule has 4 amide bonds. The first-order chi connectivity index (χ1) is 15.8. The second-order valence-electron chi connectivity index (χ2n) is 7.78. The number of ether oxygens (including phenoxy) is 3. The van der Waals surface area contributed by atoms with Gasteiger partial charge in [-0.1, -0.05) is 12.1 Å². The second kappa shape index (κ2) is 8.81. The number of methoxy groups -OCH3 is 1. The molecule has 172 valence electrons. The van der Waals surface area contributed by atoms with Gasteiger partial charge in [-0.2, -0.15) is 0 Å². The summed E-state index contributed by atoms with van der Waals surface area (Å²) in [5.74, 6) is -0.646. The number of nitrogens with one attached hydrogen (secondary N) is 2. The molecule has 10 heteroatoms. The van der Waals surface area contributed by atoms with Gasteiger partial charge in [-0.05, 0) is 42.8 Å². The number of carbonyl (C=O) groups is 4. The standard InChI is InChI=1S/C23H23N3O7/c1-23(15-7-8-17-18(12-15)33-10-4-9-32-17)21(29)26(22(30)25-23)13-19(27)24-16-6-3-5-14(11-16)20(28)31-2/h3,5-8,11-12H,4,9-10,13H2,1-2H3,(H,24,27)(H,25,30). The summed E-state index contributed by atoms with van der Waals surface area (Å²) in [7, 11) is 1.26. The van der Waals surface area contributed by atoms with Crippen molar-refractivity contribution in [3.8, 4) is 11.5 Å². The SMILES string of the molecule is COC(=O)c1cccc(NC(=O)CN2C(=O)NC(C)(c3ccc4c(c3)OCCCO4)C2=O)c1. The summed E-state index contributed by atoms with van der Waals surface area (Å²) in [6.07, 6.45) is 0.738. The Morgan fingerprint density at radius 2 is 1.88 bits per heavy atom. The van der Waals surface area contributed by atoms with Gasteiger partial charge in [0, 0.05) is 12.1 Å². The molecule has 33 heavy (non-hydrogen) atoms. The number of hydrogen-bond acceptors (Lipinski definition) is 7. The number of hydrogen-bond donors (Lipinski definition) is 2. The van der Waals surface area contributed by atoms with E-state index < -0.39 is 35.9 Å². The molecule has 2 N–H and O–H groups in total. The van der Waals surface area contributed by atoms with E-state index in [0.29, 0.717) is 36.0 Å². The lowest BCUT2D eigenvalue weighted by atomic mass is 9.91. The van der Waals surface area contributed by atoms with Gasteiger partial charge in [0.05, 0.1) is 25.9 Å². The van der Waals surface area contributed by atoms with Crippen molar-refractivity contribution < 1.29 is 33.4 Å². The first-order valence-electron chi connectivity index (χ1n) is 10.3. The first-order valence-corrected chi connectivity index (χ1v) is 10.3. The number of nitrogens with zero attached hydrogens (tertiary/aromatic N) is 1. The monoisotopic (exact) mass is 453 g/mol. The van der Waals surface area contributed by atoms with Crippen LogP contribution in [0.1, 0.15) is 29.3 Å². The van der Waals surface area contributed by atoms with E-state index in [2.05, 4.69) is 15.4 Å². The number of rotatable bonds is 5. The summed E-state index contributed by atoms with van der Waals surface area (Å²) in [5, 5.41) is 5.26. The molecule has 2 aliphatic rings. The Morgan fingerprint density at radius 3 is 2.64 bits per heavy atom. The molecule has 0 radical (unpaired) electrons. The van der Waals surface area contributed by atoms with E-state index in [-0.39, 0.29) is 5.56 Å². The fourth-order valence-corrected chi connectivity index (χ4v) is 3.70. The molecular weight excluding hydrogens is 430 g/mol. The second-order valence-corrected chi connectivity index (χ2v) is 7.78. The largest absolute Gasteiger partial charge is 0.490 e. The number of benzene rings is 2. The Bertz CT molecular complexity index is 1130. The fourth-order valence-electron chi connectivity index (χ4n) is 3.70. The number of amides is 4. The van der Waals surface area contributed by atoms with E-state index in [9.17, 15) is 19.2 Å². The summed E-state index contributed by atoms with van der Waals surface area (Å²) in [4.78, 5) is 50.8. The topological polar surface area (TPSA) is 123 Å². The van der Waals surface area contributed by atoms with E-state index in [4.69, 9.17) is 9.47 Å². The molecule has 2 aromatic rings. The highest BCUT2D eigenvalue weighted by Crippen LogP contribution is 2.36. The van der Waals surface area contributed by atoms with Crippen molar-refractivity contribution in [2.75, 3.05) is 32.2 Å². The van der Waals surface area contributed by atoms with Gasteiger partial charge in [0.1, 0.15) is 12.1 Å². The Morgan fingerprint density at radius 1 is 1.12 bits per heavy atom. The van der Waals surface area contributed by atoms with Crippen LogP contribution in [0.5, 0.6) is 11.5 Å². The van der Waals surface area contributed by atoms with E-state index in [1.807, 2.05) is 0 Å². The molecule has 0 aromatic heterocycles. The number of fused-ring (bicyclic) bond motifs is 1. The Kier molecular flexibility index (Phi) is 5.91. The minimum absolute atomic E-state index is 0.257. The van der Waals surface area contributed by atoms with Crippen molar-refractivity contribution in [3.05, 3.63) is 53.6 Å². The molecule has 0 bridgehead atoms. The zero-order valence-electron chi connectivity index (χ0n) is 18.2. The van der Waals surface area contributed by atoms with Crippen LogP contribution in [0, 0.1) is 0 Å². The third-order valence-electron chi connectivity index (χ3n) is 5.47. The Hall–Kier alpha value is -4.08. The molecule has 1 atom stereocenters. The first kappa shape index (κ1) is 22.1. The van der Waals surface area contributed by atoms with Gasteiger partial charge >= 0.3 is 12.0 Å². The maximum absolute atomic E-state index is 13.2. The van der Waals surface area contributed by atoms with Crippen LogP contribution < -0.4 is 20.1 Å². The molecule has 2 heterocycles. The number of anilines is 1. The van der Waals surface area contributed by atoms with Crippen LogP contribution in [-0.4, -0.2) is 55.6 Å². The van der Waals surface area contributed by atoms with Crippen LogP contribution in [0.2, 0.25) is 0 Å². The highest BCUT2D eigenvalue weighted by molar-refractivity contribution is 6.10. The average Bonchev–Trinajstić information content (AvgIpc) is 2.96. The summed E-state index contributed by atoms with van der Waals surface area (Å²) in [6.45, 7) is 2.10. The van der Waals surface area contributed by atoms with Gasteiger partial charge < -0.3 is 24.8 Å². The molecule has 0 saturated carbocycles. The number of esters is 1. The summed E-state index contributed by atoms with van der Waals surface area (Å²) in [6, 6.07) is 10.5. The van der Waals surface area contributed by atoms with Crippen molar-refractivity contribution in [3.63, 3.8) is 0 Å². The predicted molar refractivity (Wildman–Crippen MR) is 116 cm³/mol. The fraction of sp³-hybridized carbons (Fsp3) is 0.304. The van der Waals surface area contributed by atoms with Gasteiger partial charge in [-0.3, -0.25) is 14.5 Å². The summed E-state index contributed by atoms with van der Waals surface area (Å²) >= 11 is 0. The predicted octanol–water partition coefficient (Wildman–Crippen LogP) is 2.04. The van der Waals surface area contributed by atoms with Gasteiger partial charge in [0.15, 0.2) is 11.5 Å². The highest BCUT2D eigenvalue weighted by atomic mass is 16.5. The van der Waals surface area contributed by atoms with Crippen LogP contribution in [0.25, 0.3) is 0 Å². The normalized spacial score (nSPS) is 19.5. The third kappa shape index (κ3) is 4.32. The Labute approximate surface area is 189 Å². The van der Waals surface area contributed by atoms with Crippen molar-refractivity contribution in [1.82, 2.24) is 10.2 Å². The van der Waals surface area contributed by atoms with E-state index in [0.717, 1.165) is 11.3 Å². The molecule has 4 rings (SSSR count). The minimum atomic E-state index is -1.37. The van der Waals surface area contributed by atoms with Gasteiger partial charge in [-0.15, -0.1) is 0 Å².